The monoisotopic (exact) mass is 390 g/mol. The van der Waals surface area contributed by atoms with Gasteiger partial charge >= 0.3 is 0 Å². The molecule has 7 heteroatoms. The number of nitrogens with zero attached hydrogens (tertiary/aromatic N) is 3. The van der Waals surface area contributed by atoms with Crippen molar-refractivity contribution in [3.63, 3.8) is 0 Å². The Balaban J connectivity index is 1.28. The molecule has 1 aromatic rings. The molecule has 1 aliphatic carbocycles. The summed E-state index contributed by atoms with van der Waals surface area (Å²) in [5, 5.41) is 13.8. The number of nitrogens with one attached hydrogen (secondary N) is 1. The van der Waals surface area contributed by atoms with E-state index in [1.54, 1.807) is 6.07 Å². The van der Waals surface area contributed by atoms with Crippen molar-refractivity contribution in [2.24, 2.45) is 11.3 Å². The molecular weight excluding hydrogens is 371 g/mol. The van der Waals surface area contributed by atoms with Crippen LogP contribution in [0.3, 0.4) is 0 Å². The number of fused-ring (bicyclic) bond motifs is 3. The molecule has 3 saturated heterocycles. The van der Waals surface area contributed by atoms with Gasteiger partial charge in [-0.25, -0.2) is 0 Å². The lowest BCUT2D eigenvalue weighted by Crippen LogP contribution is -2.47. The molecule has 3 aliphatic heterocycles. The minimum Gasteiger partial charge on any atom is -0.370 e. The third-order valence-corrected chi connectivity index (χ3v) is 7.22. The lowest BCUT2D eigenvalue weighted by molar-refractivity contribution is -0.127. The Labute approximate surface area is 162 Å². The van der Waals surface area contributed by atoms with Crippen molar-refractivity contribution < 1.29 is 4.79 Å². The summed E-state index contributed by atoms with van der Waals surface area (Å²) in [6.07, 6.45) is 6.24. The summed E-state index contributed by atoms with van der Waals surface area (Å²) in [7, 11) is 0. The van der Waals surface area contributed by atoms with Crippen molar-refractivity contribution in [3.05, 3.63) is 28.2 Å². The summed E-state index contributed by atoms with van der Waals surface area (Å²) < 4.78 is 0. The number of benzene rings is 1. The Morgan fingerprint density at radius 1 is 1.27 bits per heavy atom. The Bertz CT molecular complexity index is 804. The van der Waals surface area contributed by atoms with Gasteiger partial charge in [0.1, 0.15) is 0 Å². The van der Waals surface area contributed by atoms with Gasteiger partial charge in [-0.05, 0) is 49.8 Å². The third-order valence-electron chi connectivity index (χ3n) is 6.78. The zero-order valence-electron chi connectivity index (χ0n) is 14.3. The molecule has 26 heavy (non-hydrogen) atoms. The van der Waals surface area contributed by atoms with E-state index in [0.29, 0.717) is 28.5 Å². The smallest absolute Gasteiger partial charge is 0.228 e. The second-order valence-corrected chi connectivity index (χ2v) is 9.06. The van der Waals surface area contributed by atoms with Gasteiger partial charge in [0.05, 0.1) is 17.5 Å². The molecule has 5 nitrogen and oxygen atoms in total. The predicted octanol–water partition coefficient (Wildman–Crippen LogP) is 3.02. The van der Waals surface area contributed by atoms with Crippen LogP contribution in [0.5, 0.6) is 0 Å². The van der Waals surface area contributed by atoms with Crippen LogP contribution in [0.1, 0.15) is 25.7 Å². The quantitative estimate of drug-likeness (QED) is 0.805. The first-order chi connectivity index (χ1) is 12.5. The number of anilines is 1. The first-order valence-corrected chi connectivity index (χ1v) is 9.96. The molecule has 5 atom stereocenters. The van der Waals surface area contributed by atoms with Crippen LogP contribution in [-0.4, -0.2) is 42.0 Å². The minimum absolute atomic E-state index is 0.117. The highest BCUT2D eigenvalue weighted by Gasteiger charge is 2.65. The molecule has 2 bridgehead atoms. The average molecular weight is 391 g/mol. The topological polar surface area (TPSA) is 59.4 Å². The zero-order chi connectivity index (χ0) is 18.1. The molecule has 1 N–H and O–H groups in total. The molecule has 0 spiro atoms. The number of rotatable bonds is 3. The molecule has 1 aromatic carbocycles. The second kappa shape index (κ2) is 5.68. The third kappa shape index (κ3) is 2.39. The van der Waals surface area contributed by atoms with E-state index in [1.807, 2.05) is 17.0 Å². The van der Waals surface area contributed by atoms with Crippen LogP contribution in [0, 0.1) is 22.8 Å². The van der Waals surface area contributed by atoms with Crippen LogP contribution in [0.4, 0.5) is 5.69 Å². The molecule has 4 fully saturated rings. The van der Waals surface area contributed by atoms with E-state index in [0.717, 1.165) is 37.9 Å². The summed E-state index contributed by atoms with van der Waals surface area (Å²) >= 11 is 12.3. The molecule has 1 amide bonds. The van der Waals surface area contributed by atoms with Crippen molar-refractivity contribution in [3.8, 4) is 6.19 Å². The van der Waals surface area contributed by atoms with E-state index in [1.165, 1.54) is 0 Å². The van der Waals surface area contributed by atoms with Gasteiger partial charge < -0.3 is 15.1 Å². The summed E-state index contributed by atoms with van der Waals surface area (Å²) in [6.45, 7) is 1.58. The van der Waals surface area contributed by atoms with Gasteiger partial charge in [0.15, 0.2) is 6.19 Å². The highest BCUT2D eigenvalue weighted by molar-refractivity contribution is 6.35. The van der Waals surface area contributed by atoms with Crippen LogP contribution in [-0.2, 0) is 4.79 Å². The van der Waals surface area contributed by atoms with Crippen LogP contribution >= 0.6 is 23.2 Å². The maximum absolute atomic E-state index is 13.1. The predicted molar refractivity (Wildman–Crippen MR) is 100 cm³/mol. The molecule has 3 heterocycles. The van der Waals surface area contributed by atoms with Gasteiger partial charge in [-0.3, -0.25) is 4.79 Å². The van der Waals surface area contributed by atoms with Crippen LogP contribution in [0.15, 0.2) is 18.2 Å². The number of carbonyl (C=O) groups is 1. The van der Waals surface area contributed by atoms with Crippen molar-refractivity contribution >= 4 is 34.8 Å². The van der Waals surface area contributed by atoms with E-state index in [9.17, 15) is 10.1 Å². The first kappa shape index (κ1) is 16.5. The fourth-order valence-electron chi connectivity index (χ4n) is 5.37. The average Bonchev–Trinajstić information content (AvgIpc) is 2.93. The van der Waals surface area contributed by atoms with E-state index >= 15 is 0 Å². The molecular formula is C19H20Cl2N4O. The summed E-state index contributed by atoms with van der Waals surface area (Å²) in [5.74, 6) is 0.555. The number of halogens is 2. The Morgan fingerprint density at radius 2 is 2.04 bits per heavy atom. The molecule has 5 rings (SSSR count). The Hall–Kier alpha value is -1.64. The fraction of sp³-hybridized carbons (Fsp3) is 0.579. The number of hydrogen-bond acceptors (Lipinski definition) is 4. The highest BCUT2D eigenvalue weighted by atomic mass is 35.5. The SMILES string of the molecule is N#CN1[C@H]2CC[C@@H]1[C@H](NC(=O)[C@]13C[C@@H]1CN(c1cc(Cl)cc(Cl)c1)C3)C2. The zero-order valence-corrected chi connectivity index (χ0v) is 15.8. The Kier molecular flexibility index (Phi) is 3.61. The van der Waals surface area contributed by atoms with Crippen molar-refractivity contribution in [2.45, 2.75) is 43.8 Å². The maximum Gasteiger partial charge on any atom is 0.228 e. The van der Waals surface area contributed by atoms with Gasteiger partial charge in [0.2, 0.25) is 5.91 Å². The van der Waals surface area contributed by atoms with E-state index < -0.39 is 0 Å². The van der Waals surface area contributed by atoms with Crippen LogP contribution in [0.2, 0.25) is 10.0 Å². The Morgan fingerprint density at radius 3 is 2.73 bits per heavy atom. The number of nitriles is 1. The molecule has 0 unspecified atom stereocenters. The van der Waals surface area contributed by atoms with Crippen LogP contribution < -0.4 is 10.2 Å². The number of carbonyl (C=O) groups excluding carboxylic acids is 1. The number of piperidine rings is 1. The van der Waals surface area contributed by atoms with Gasteiger partial charge in [-0.15, -0.1) is 0 Å². The van der Waals surface area contributed by atoms with Crippen molar-refractivity contribution in [1.29, 1.82) is 5.26 Å². The van der Waals surface area contributed by atoms with Gasteiger partial charge in [-0.1, -0.05) is 23.2 Å². The standard InChI is InChI=1S/C19H20Cl2N4O/c20-12-3-13(21)5-15(4-12)24-8-11-7-19(11,9-24)18(26)23-16-6-14-1-2-17(16)25(14)10-22/h3-5,11,14,16-17H,1-2,6-9H2,(H,23,26)/t11-,14+,16-,17-,19+/m1/s1. The van der Waals surface area contributed by atoms with E-state index in [-0.39, 0.29) is 23.4 Å². The molecule has 0 radical (unpaired) electrons. The van der Waals surface area contributed by atoms with E-state index in [4.69, 9.17) is 23.2 Å². The molecule has 136 valence electrons. The van der Waals surface area contributed by atoms with E-state index in [2.05, 4.69) is 16.4 Å². The normalized spacial score (nSPS) is 36.8. The van der Waals surface area contributed by atoms with Crippen LogP contribution in [0.25, 0.3) is 0 Å². The van der Waals surface area contributed by atoms with Crippen molar-refractivity contribution in [1.82, 2.24) is 10.2 Å². The lowest BCUT2D eigenvalue weighted by Gasteiger charge is -2.26. The maximum atomic E-state index is 13.1. The largest absolute Gasteiger partial charge is 0.370 e. The van der Waals surface area contributed by atoms with Crippen molar-refractivity contribution in [2.75, 3.05) is 18.0 Å². The van der Waals surface area contributed by atoms with Gasteiger partial charge in [-0.2, -0.15) is 5.26 Å². The second-order valence-electron chi connectivity index (χ2n) is 8.19. The number of amides is 1. The highest BCUT2D eigenvalue weighted by Crippen LogP contribution is 2.59. The van der Waals surface area contributed by atoms with Gasteiger partial charge in [0, 0.05) is 34.9 Å². The molecule has 4 aliphatic rings. The summed E-state index contributed by atoms with van der Waals surface area (Å²) in [6, 6.07) is 6.16. The first-order valence-electron chi connectivity index (χ1n) is 9.20. The summed E-state index contributed by atoms with van der Waals surface area (Å²) in [4.78, 5) is 17.2. The summed E-state index contributed by atoms with van der Waals surface area (Å²) in [5.41, 5.74) is 0.700. The lowest BCUT2D eigenvalue weighted by atomic mass is 9.94. The molecule has 0 aromatic heterocycles. The molecule has 1 saturated carbocycles. The van der Waals surface area contributed by atoms with Gasteiger partial charge in [0.25, 0.3) is 0 Å². The number of hydrogen-bond donors (Lipinski definition) is 1. The minimum atomic E-state index is -0.284. The fourth-order valence-corrected chi connectivity index (χ4v) is 5.88.